The van der Waals surface area contributed by atoms with Crippen LogP contribution in [0, 0.1) is 5.92 Å². The van der Waals surface area contributed by atoms with Crippen LogP contribution in [0.15, 0.2) is 10.7 Å². The predicted molar refractivity (Wildman–Crippen MR) is 97.4 cm³/mol. The van der Waals surface area contributed by atoms with Crippen LogP contribution in [0.25, 0.3) is 0 Å². The number of hydrogen-bond acceptors (Lipinski definition) is 6. The van der Waals surface area contributed by atoms with Crippen molar-refractivity contribution in [2.24, 2.45) is 5.92 Å². The van der Waals surface area contributed by atoms with Gasteiger partial charge in [-0.1, -0.05) is 0 Å². The Morgan fingerprint density at radius 2 is 2.04 bits per heavy atom. The molecule has 144 valence electrons. The highest BCUT2D eigenvalue weighted by molar-refractivity contribution is 9.10. The standard InChI is InChI=1S/C17H25BrN4O4/c1-17(2,3)26-15(24)11-4-7-21(8-5-11)14(23)12-10-13(18)22(20-12)16-19-6-9-25-16/h10-11,16,19H,4-9H2,1-3H3. The first kappa shape index (κ1) is 19.3. The summed E-state index contributed by atoms with van der Waals surface area (Å²) in [6, 6.07) is 1.70. The molecule has 0 spiro atoms. The lowest BCUT2D eigenvalue weighted by Gasteiger charge is -2.32. The van der Waals surface area contributed by atoms with Crippen LogP contribution >= 0.6 is 15.9 Å². The van der Waals surface area contributed by atoms with Gasteiger partial charge in [0.15, 0.2) is 5.69 Å². The topological polar surface area (TPSA) is 85.7 Å². The number of rotatable bonds is 3. The number of nitrogens with one attached hydrogen (secondary N) is 1. The van der Waals surface area contributed by atoms with Crippen molar-refractivity contribution in [2.75, 3.05) is 26.2 Å². The Labute approximate surface area is 161 Å². The molecule has 1 aromatic rings. The Kier molecular flexibility index (Phi) is 5.69. The fourth-order valence-electron chi connectivity index (χ4n) is 3.07. The SMILES string of the molecule is CC(C)(C)OC(=O)C1CCN(C(=O)c2cc(Br)n(C3NCCO3)n2)CC1. The van der Waals surface area contributed by atoms with E-state index in [2.05, 4.69) is 26.3 Å². The number of ether oxygens (including phenoxy) is 2. The fourth-order valence-corrected chi connectivity index (χ4v) is 3.56. The number of nitrogens with zero attached hydrogens (tertiary/aromatic N) is 3. The maximum atomic E-state index is 12.7. The molecule has 1 aromatic heterocycles. The molecule has 3 rings (SSSR count). The van der Waals surface area contributed by atoms with Crippen molar-refractivity contribution in [1.29, 1.82) is 0 Å². The number of piperidine rings is 1. The molecular formula is C17H25BrN4O4. The minimum Gasteiger partial charge on any atom is -0.460 e. The van der Waals surface area contributed by atoms with E-state index in [1.54, 1.807) is 15.6 Å². The molecule has 1 amide bonds. The van der Waals surface area contributed by atoms with Crippen molar-refractivity contribution in [2.45, 2.75) is 45.6 Å². The van der Waals surface area contributed by atoms with E-state index < -0.39 is 5.60 Å². The zero-order valence-electron chi connectivity index (χ0n) is 15.3. The van der Waals surface area contributed by atoms with Gasteiger partial charge in [0, 0.05) is 25.7 Å². The maximum absolute atomic E-state index is 12.7. The first-order valence-electron chi connectivity index (χ1n) is 8.87. The summed E-state index contributed by atoms with van der Waals surface area (Å²) in [5.41, 5.74) is -0.121. The molecule has 2 aliphatic heterocycles. The van der Waals surface area contributed by atoms with Gasteiger partial charge < -0.3 is 14.4 Å². The number of halogens is 1. The van der Waals surface area contributed by atoms with Crippen molar-refractivity contribution >= 4 is 27.8 Å². The van der Waals surface area contributed by atoms with E-state index in [1.165, 1.54) is 0 Å². The average Bonchev–Trinajstić information content (AvgIpc) is 3.22. The molecule has 2 fully saturated rings. The second-order valence-corrected chi connectivity index (χ2v) is 8.39. The van der Waals surface area contributed by atoms with E-state index >= 15 is 0 Å². The molecule has 0 aromatic carbocycles. The highest BCUT2D eigenvalue weighted by Crippen LogP contribution is 2.24. The van der Waals surface area contributed by atoms with Crippen LogP contribution in [-0.2, 0) is 14.3 Å². The van der Waals surface area contributed by atoms with E-state index in [1.807, 2.05) is 20.8 Å². The number of esters is 1. The van der Waals surface area contributed by atoms with Gasteiger partial charge in [-0.2, -0.15) is 5.10 Å². The summed E-state index contributed by atoms with van der Waals surface area (Å²) in [7, 11) is 0. The van der Waals surface area contributed by atoms with Crippen molar-refractivity contribution in [3.05, 3.63) is 16.4 Å². The van der Waals surface area contributed by atoms with Gasteiger partial charge in [0.2, 0.25) is 6.35 Å². The normalized spacial score (nSPS) is 21.8. The molecule has 9 heteroatoms. The molecule has 8 nitrogen and oxygen atoms in total. The van der Waals surface area contributed by atoms with Gasteiger partial charge in [-0.3, -0.25) is 14.9 Å². The third-order valence-electron chi connectivity index (χ3n) is 4.35. The van der Waals surface area contributed by atoms with Crippen LogP contribution < -0.4 is 5.32 Å². The third-order valence-corrected chi connectivity index (χ3v) is 4.94. The third kappa shape index (κ3) is 4.44. The molecule has 2 saturated heterocycles. The molecular weight excluding hydrogens is 404 g/mol. The first-order valence-corrected chi connectivity index (χ1v) is 9.66. The maximum Gasteiger partial charge on any atom is 0.309 e. The first-order chi connectivity index (χ1) is 12.2. The van der Waals surface area contributed by atoms with Crippen LogP contribution in [0.3, 0.4) is 0 Å². The lowest BCUT2D eigenvalue weighted by atomic mass is 9.96. The van der Waals surface area contributed by atoms with E-state index in [0.29, 0.717) is 42.8 Å². The summed E-state index contributed by atoms with van der Waals surface area (Å²) >= 11 is 3.42. The van der Waals surface area contributed by atoms with Gasteiger partial charge in [0.1, 0.15) is 10.2 Å². The Bertz CT molecular complexity index is 671. The van der Waals surface area contributed by atoms with Crippen molar-refractivity contribution in [3.63, 3.8) is 0 Å². The van der Waals surface area contributed by atoms with Gasteiger partial charge >= 0.3 is 5.97 Å². The van der Waals surface area contributed by atoms with Crippen LogP contribution in [0.4, 0.5) is 0 Å². The smallest absolute Gasteiger partial charge is 0.309 e. The highest BCUT2D eigenvalue weighted by Gasteiger charge is 2.32. The predicted octanol–water partition coefficient (Wildman–Crippen LogP) is 1.92. The second-order valence-electron chi connectivity index (χ2n) is 7.57. The minimum atomic E-state index is -0.487. The highest BCUT2D eigenvalue weighted by atomic mass is 79.9. The second kappa shape index (κ2) is 7.66. The molecule has 1 atom stereocenters. The lowest BCUT2D eigenvalue weighted by Crippen LogP contribution is -2.42. The van der Waals surface area contributed by atoms with Crippen LogP contribution in [-0.4, -0.2) is 58.4 Å². The molecule has 0 saturated carbocycles. The summed E-state index contributed by atoms with van der Waals surface area (Å²) in [5.74, 6) is -0.468. The number of likely N-dealkylation sites (tertiary alicyclic amines) is 1. The number of amides is 1. The summed E-state index contributed by atoms with van der Waals surface area (Å²) in [6.07, 6.45) is 0.856. The summed E-state index contributed by atoms with van der Waals surface area (Å²) in [4.78, 5) is 26.7. The summed E-state index contributed by atoms with van der Waals surface area (Å²) in [5, 5.41) is 7.52. The fraction of sp³-hybridized carbons (Fsp3) is 0.706. The van der Waals surface area contributed by atoms with Gasteiger partial charge in [-0.15, -0.1) is 0 Å². The van der Waals surface area contributed by atoms with Gasteiger partial charge in [0.05, 0.1) is 12.5 Å². The lowest BCUT2D eigenvalue weighted by molar-refractivity contribution is -0.161. The Balaban J connectivity index is 1.59. The Hall–Kier alpha value is -1.45. The van der Waals surface area contributed by atoms with Crippen molar-refractivity contribution in [1.82, 2.24) is 20.0 Å². The van der Waals surface area contributed by atoms with E-state index in [4.69, 9.17) is 9.47 Å². The summed E-state index contributed by atoms with van der Waals surface area (Å²) in [6.45, 7) is 7.98. The molecule has 0 bridgehead atoms. The number of carbonyl (C=O) groups is 2. The van der Waals surface area contributed by atoms with E-state index in [9.17, 15) is 9.59 Å². The van der Waals surface area contributed by atoms with Crippen molar-refractivity contribution in [3.8, 4) is 0 Å². The molecule has 1 N–H and O–H groups in total. The average molecular weight is 429 g/mol. The quantitative estimate of drug-likeness (QED) is 0.740. The Morgan fingerprint density at radius 1 is 1.35 bits per heavy atom. The largest absolute Gasteiger partial charge is 0.460 e. The van der Waals surface area contributed by atoms with Gasteiger partial charge in [0.25, 0.3) is 5.91 Å². The molecule has 26 heavy (non-hydrogen) atoms. The summed E-state index contributed by atoms with van der Waals surface area (Å²) < 4.78 is 13.3. The van der Waals surface area contributed by atoms with Crippen LogP contribution in [0.1, 0.15) is 50.5 Å². The zero-order valence-corrected chi connectivity index (χ0v) is 16.9. The molecule has 0 aliphatic carbocycles. The minimum absolute atomic E-state index is 0.134. The number of aromatic nitrogens is 2. The van der Waals surface area contributed by atoms with Crippen LogP contribution in [0.2, 0.25) is 0 Å². The van der Waals surface area contributed by atoms with E-state index in [0.717, 1.165) is 6.54 Å². The molecule has 0 radical (unpaired) electrons. The number of hydrogen-bond donors (Lipinski definition) is 1. The molecule has 3 heterocycles. The molecule has 1 unspecified atom stereocenters. The van der Waals surface area contributed by atoms with Crippen LogP contribution in [0.5, 0.6) is 0 Å². The van der Waals surface area contributed by atoms with Gasteiger partial charge in [-0.25, -0.2) is 4.68 Å². The van der Waals surface area contributed by atoms with Gasteiger partial charge in [-0.05, 0) is 49.5 Å². The Morgan fingerprint density at radius 3 is 2.62 bits per heavy atom. The number of carbonyl (C=O) groups excluding carboxylic acids is 2. The molecule has 2 aliphatic rings. The monoisotopic (exact) mass is 428 g/mol. The zero-order chi connectivity index (χ0) is 18.9. The van der Waals surface area contributed by atoms with E-state index in [-0.39, 0.29) is 24.1 Å². The van der Waals surface area contributed by atoms with Crippen molar-refractivity contribution < 1.29 is 19.1 Å².